The average molecular weight is 304 g/mol. The van der Waals surface area contributed by atoms with Gasteiger partial charge in [0.1, 0.15) is 11.0 Å². The Labute approximate surface area is 121 Å². The van der Waals surface area contributed by atoms with Crippen molar-refractivity contribution in [1.29, 1.82) is 0 Å². The minimum atomic E-state index is -0.924. The molecule has 4 saturated carbocycles. The van der Waals surface area contributed by atoms with Crippen LogP contribution < -0.4 is 5.32 Å². The highest BCUT2D eigenvalue weighted by atomic mass is 35.5. The standard InChI is InChI=1S/C13H15Cl2NO3/c1-3(2)16-12(18)13(15)7-5-4-6(7)9(14)10(8(5)13)19-11(4)17/h3-10H,1-2H3,(H,16,18). The molecule has 1 amide bonds. The smallest absolute Gasteiger partial charge is 0.309 e. The zero-order valence-corrected chi connectivity index (χ0v) is 12.1. The van der Waals surface area contributed by atoms with Crippen molar-refractivity contribution in [1.82, 2.24) is 5.32 Å². The number of alkyl halides is 2. The SMILES string of the molecule is CC(C)NC(=O)C1(Cl)C2C3OC(=O)C4C(C3Cl)C1C42. The van der Waals surface area contributed by atoms with Crippen LogP contribution in [0, 0.1) is 29.6 Å². The summed E-state index contributed by atoms with van der Waals surface area (Å²) < 4.78 is 5.36. The van der Waals surface area contributed by atoms with E-state index in [1.54, 1.807) is 0 Å². The zero-order chi connectivity index (χ0) is 13.7. The molecular weight excluding hydrogens is 289 g/mol. The molecule has 8 unspecified atom stereocenters. The van der Waals surface area contributed by atoms with E-state index in [4.69, 9.17) is 27.9 Å². The summed E-state index contributed by atoms with van der Waals surface area (Å²) in [4.78, 5) is 23.2. The minimum Gasteiger partial charge on any atom is -0.460 e. The number of ether oxygens (including phenoxy) is 1. The summed E-state index contributed by atoms with van der Waals surface area (Å²) in [5.74, 6) is -0.262. The van der Waals surface area contributed by atoms with Gasteiger partial charge < -0.3 is 10.1 Å². The van der Waals surface area contributed by atoms with Gasteiger partial charge in [0.25, 0.3) is 0 Å². The van der Waals surface area contributed by atoms with E-state index in [1.807, 2.05) is 13.8 Å². The quantitative estimate of drug-likeness (QED) is 0.615. The summed E-state index contributed by atoms with van der Waals surface area (Å²) in [6.07, 6.45) is -0.394. The van der Waals surface area contributed by atoms with Crippen molar-refractivity contribution in [2.24, 2.45) is 29.6 Å². The molecule has 6 aliphatic rings. The number of nitrogens with one attached hydrogen (secondary N) is 1. The summed E-state index contributed by atoms with van der Waals surface area (Å²) in [6, 6.07) is 0.0484. The van der Waals surface area contributed by atoms with Crippen LogP contribution in [-0.2, 0) is 14.3 Å². The van der Waals surface area contributed by atoms with Gasteiger partial charge in [-0.1, -0.05) is 0 Å². The molecule has 2 aliphatic heterocycles. The molecule has 0 aromatic rings. The predicted octanol–water partition coefficient (Wildman–Crippen LogP) is 1.14. The Hall–Kier alpha value is -0.480. The van der Waals surface area contributed by atoms with E-state index in [0.717, 1.165) is 0 Å². The van der Waals surface area contributed by atoms with Crippen molar-refractivity contribution in [3.8, 4) is 0 Å². The van der Waals surface area contributed by atoms with Gasteiger partial charge in [0.05, 0.1) is 11.3 Å². The molecule has 0 spiro atoms. The number of fused-ring (bicyclic) bond motifs is 1. The Kier molecular flexibility index (Phi) is 2.19. The molecule has 2 saturated heterocycles. The van der Waals surface area contributed by atoms with Gasteiger partial charge in [-0.2, -0.15) is 0 Å². The van der Waals surface area contributed by atoms with Crippen molar-refractivity contribution >= 4 is 35.1 Å². The van der Waals surface area contributed by atoms with Crippen molar-refractivity contribution in [3.05, 3.63) is 0 Å². The van der Waals surface area contributed by atoms with E-state index in [2.05, 4.69) is 5.32 Å². The fraction of sp³-hybridized carbons (Fsp3) is 0.846. The van der Waals surface area contributed by atoms with Gasteiger partial charge in [-0.15, -0.1) is 23.2 Å². The predicted molar refractivity (Wildman–Crippen MR) is 68.8 cm³/mol. The van der Waals surface area contributed by atoms with Crippen LogP contribution in [0.2, 0.25) is 0 Å². The second-order valence-corrected chi connectivity index (χ2v) is 7.60. The van der Waals surface area contributed by atoms with E-state index in [-0.39, 0.29) is 52.9 Å². The zero-order valence-electron chi connectivity index (χ0n) is 10.6. The monoisotopic (exact) mass is 303 g/mol. The first kappa shape index (κ1) is 12.3. The fourth-order valence-electron chi connectivity index (χ4n) is 4.82. The Balaban J connectivity index is 1.67. The lowest BCUT2D eigenvalue weighted by Gasteiger charge is -2.78. The highest BCUT2D eigenvalue weighted by molar-refractivity contribution is 6.37. The number of hydrogen-bond donors (Lipinski definition) is 1. The first-order valence-electron chi connectivity index (χ1n) is 6.73. The Morgan fingerprint density at radius 1 is 1.37 bits per heavy atom. The van der Waals surface area contributed by atoms with Gasteiger partial charge in [0.15, 0.2) is 0 Å². The third-order valence-electron chi connectivity index (χ3n) is 5.37. The van der Waals surface area contributed by atoms with Crippen LogP contribution >= 0.6 is 23.2 Å². The van der Waals surface area contributed by atoms with E-state index < -0.39 is 11.0 Å². The second-order valence-electron chi connectivity index (χ2n) is 6.47. The maximum Gasteiger partial charge on any atom is 0.309 e. The van der Waals surface area contributed by atoms with Crippen LogP contribution in [0.15, 0.2) is 0 Å². The molecule has 4 nitrogen and oxygen atoms in total. The van der Waals surface area contributed by atoms with Gasteiger partial charge in [0, 0.05) is 12.0 Å². The number of halogens is 2. The fourth-order valence-corrected chi connectivity index (χ4v) is 5.95. The van der Waals surface area contributed by atoms with Gasteiger partial charge in [-0.25, -0.2) is 0 Å². The number of esters is 1. The van der Waals surface area contributed by atoms with Gasteiger partial charge in [-0.3, -0.25) is 9.59 Å². The summed E-state index contributed by atoms with van der Waals surface area (Å²) in [7, 11) is 0. The van der Waals surface area contributed by atoms with Crippen LogP contribution in [0.3, 0.4) is 0 Å². The highest BCUT2D eigenvalue weighted by Crippen LogP contribution is 2.78. The first-order valence-corrected chi connectivity index (χ1v) is 7.55. The third kappa shape index (κ3) is 1.12. The highest BCUT2D eigenvalue weighted by Gasteiger charge is 2.87. The van der Waals surface area contributed by atoms with Gasteiger partial charge >= 0.3 is 5.97 Å². The number of carbonyl (C=O) groups is 2. The summed E-state index contributed by atoms with van der Waals surface area (Å²) >= 11 is 13.0. The largest absolute Gasteiger partial charge is 0.460 e. The van der Waals surface area contributed by atoms with Crippen LogP contribution in [0.4, 0.5) is 0 Å². The molecule has 0 aromatic heterocycles. The number of carbonyl (C=O) groups excluding carboxylic acids is 2. The minimum absolute atomic E-state index is 0.0123. The number of rotatable bonds is 2. The topological polar surface area (TPSA) is 55.4 Å². The molecule has 6 heteroatoms. The first-order chi connectivity index (χ1) is 8.89. The van der Waals surface area contributed by atoms with E-state index in [1.165, 1.54) is 0 Å². The molecule has 4 aliphatic carbocycles. The molecular formula is C13H15Cl2NO3. The average Bonchev–Trinajstić information content (AvgIpc) is 2.26. The van der Waals surface area contributed by atoms with Crippen molar-refractivity contribution < 1.29 is 14.3 Å². The lowest BCUT2D eigenvalue weighted by Crippen LogP contribution is -2.89. The van der Waals surface area contributed by atoms with Crippen LogP contribution in [0.5, 0.6) is 0 Å². The molecule has 104 valence electrons. The van der Waals surface area contributed by atoms with E-state index in [0.29, 0.717) is 0 Å². The van der Waals surface area contributed by atoms with E-state index >= 15 is 0 Å². The lowest BCUT2D eigenvalue weighted by atomic mass is 9.30. The maximum absolute atomic E-state index is 12.4. The maximum atomic E-state index is 12.4. The van der Waals surface area contributed by atoms with Crippen molar-refractivity contribution in [2.75, 3.05) is 0 Å². The number of amides is 1. The second kappa shape index (κ2) is 3.40. The van der Waals surface area contributed by atoms with Gasteiger partial charge in [0.2, 0.25) is 5.91 Å². The summed E-state index contributed by atoms with van der Waals surface area (Å²) in [6.45, 7) is 3.81. The Morgan fingerprint density at radius 2 is 2.05 bits per heavy atom. The normalized spacial score (nSPS) is 56.3. The molecule has 8 atom stereocenters. The van der Waals surface area contributed by atoms with Gasteiger partial charge in [-0.05, 0) is 31.6 Å². The molecule has 6 bridgehead atoms. The lowest BCUT2D eigenvalue weighted by molar-refractivity contribution is -0.305. The molecule has 1 N–H and O–H groups in total. The summed E-state index contributed by atoms with van der Waals surface area (Å²) in [5, 5.41) is 2.71. The van der Waals surface area contributed by atoms with Crippen LogP contribution in [-0.4, -0.2) is 34.3 Å². The van der Waals surface area contributed by atoms with Crippen LogP contribution in [0.25, 0.3) is 0 Å². The van der Waals surface area contributed by atoms with Crippen molar-refractivity contribution in [3.63, 3.8) is 0 Å². The Morgan fingerprint density at radius 3 is 2.63 bits per heavy atom. The molecule has 0 radical (unpaired) electrons. The van der Waals surface area contributed by atoms with Crippen LogP contribution in [0.1, 0.15) is 13.8 Å². The summed E-state index contributed by atoms with van der Waals surface area (Å²) in [5.41, 5.74) is 0. The molecule has 2 heterocycles. The van der Waals surface area contributed by atoms with E-state index in [9.17, 15) is 9.59 Å². The molecule has 0 aromatic carbocycles. The molecule has 19 heavy (non-hydrogen) atoms. The Bertz CT molecular complexity index is 494. The number of hydrogen-bond acceptors (Lipinski definition) is 3. The van der Waals surface area contributed by atoms with Crippen molar-refractivity contribution in [2.45, 2.75) is 36.2 Å². The molecule has 6 rings (SSSR count). The third-order valence-corrected chi connectivity index (χ3v) is 6.59. The molecule has 6 fully saturated rings.